The molecule has 0 spiro atoms. The van der Waals surface area contributed by atoms with Crippen molar-refractivity contribution in [1.82, 2.24) is 4.57 Å². The second-order valence-electron chi connectivity index (χ2n) is 9.59. The zero-order valence-corrected chi connectivity index (χ0v) is 21.5. The number of thioether (sulfide) groups is 1. The normalized spacial score (nSPS) is 20.5. The fraction of sp³-hybridized carbons (Fsp3) is 0.308. The minimum absolute atomic E-state index is 0.164. The number of hydrogen-bond donors (Lipinski definition) is 1. The van der Waals surface area contributed by atoms with Crippen molar-refractivity contribution in [3.05, 3.63) is 74.2 Å². The molecule has 1 fully saturated rings. The van der Waals surface area contributed by atoms with Gasteiger partial charge in [0.15, 0.2) is 0 Å². The Bertz CT molecular complexity index is 1420. The van der Waals surface area contributed by atoms with Gasteiger partial charge in [-0.25, -0.2) is 4.90 Å². The van der Waals surface area contributed by atoms with Gasteiger partial charge in [-0.05, 0) is 43.7 Å². The number of anilines is 2. The van der Waals surface area contributed by atoms with Crippen molar-refractivity contribution in [1.29, 1.82) is 0 Å². The molecule has 1 N–H and O–H groups in total. The molecule has 9 heteroatoms. The highest BCUT2D eigenvalue weighted by Gasteiger charge is 2.59. The van der Waals surface area contributed by atoms with Crippen LogP contribution in [0.2, 0.25) is 0 Å². The van der Waals surface area contributed by atoms with Crippen LogP contribution < -0.4 is 15.1 Å². The van der Waals surface area contributed by atoms with Crippen LogP contribution >= 0.6 is 23.1 Å². The molecule has 1 saturated heterocycles. The number of imide groups is 1. The Labute approximate surface area is 211 Å². The average Bonchev–Trinajstić information content (AvgIpc) is 3.24. The molecule has 7 nitrogen and oxygen atoms in total. The summed E-state index contributed by atoms with van der Waals surface area (Å²) < 4.78 is 1.43. The van der Waals surface area contributed by atoms with Crippen LogP contribution in [0.5, 0.6) is 0 Å². The quantitative estimate of drug-likeness (QED) is 0.537. The second-order valence-corrected chi connectivity index (χ2v) is 11.7. The van der Waals surface area contributed by atoms with Gasteiger partial charge in [-0.15, -0.1) is 0 Å². The lowest BCUT2D eigenvalue weighted by Gasteiger charge is -2.36. The van der Waals surface area contributed by atoms with Gasteiger partial charge in [0.1, 0.15) is 11.8 Å². The highest BCUT2D eigenvalue weighted by atomic mass is 32.2. The van der Waals surface area contributed by atoms with Gasteiger partial charge in [0.25, 0.3) is 0 Å². The standard InChI is InChI=1S/C26H25N3O4S2/c1-14-8-10-17(11-9-14)29-22(31)19-20(23(29)32)34-24-21(26(19,3)4)35-25(33)28(24)13-18(30)27-16-7-5-6-15(2)12-16/h5-12,19-20H,13H2,1-4H3,(H,27,30). The van der Waals surface area contributed by atoms with Crippen molar-refractivity contribution in [2.24, 2.45) is 5.92 Å². The second kappa shape index (κ2) is 8.49. The third-order valence-corrected chi connectivity index (χ3v) is 9.42. The van der Waals surface area contributed by atoms with E-state index >= 15 is 0 Å². The molecule has 0 radical (unpaired) electrons. The number of amides is 3. The first kappa shape index (κ1) is 23.6. The van der Waals surface area contributed by atoms with Gasteiger partial charge in [0.05, 0.1) is 16.6 Å². The summed E-state index contributed by atoms with van der Waals surface area (Å²) in [6.45, 7) is 7.52. The number of nitrogens with one attached hydrogen (secondary N) is 1. The van der Waals surface area contributed by atoms with Crippen molar-refractivity contribution >= 4 is 52.2 Å². The molecule has 35 heavy (non-hydrogen) atoms. The lowest BCUT2D eigenvalue weighted by molar-refractivity contribution is -0.123. The number of rotatable bonds is 4. The van der Waals surface area contributed by atoms with Crippen molar-refractivity contribution < 1.29 is 14.4 Å². The zero-order valence-electron chi connectivity index (χ0n) is 19.8. The van der Waals surface area contributed by atoms with Gasteiger partial charge in [-0.1, -0.05) is 66.8 Å². The van der Waals surface area contributed by atoms with Crippen LogP contribution in [-0.2, 0) is 26.3 Å². The lowest BCUT2D eigenvalue weighted by atomic mass is 9.76. The van der Waals surface area contributed by atoms with Gasteiger partial charge < -0.3 is 5.32 Å². The van der Waals surface area contributed by atoms with Crippen LogP contribution in [0.4, 0.5) is 11.4 Å². The number of carbonyl (C=O) groups is 3. The van der Waals surface area contributed by atoms with E-state index in [4.69, 9.17) is 0 Å². The summed E-state index contributed by atoms with van der Waals surface area (Å²) in [5.74, 6) is -1.46. The average molecular weight is 508 g/mol. The Morgan fingerprint density at radius 1 is 1.00 bits per heavy atom. The van der Waals surface area contributed by atoms with E-state index in [1.165, 1.54) is 21.2 Å². The molecule has 5 rings (SSSR count). The predicted octanol–water partition coefficient (Wildman–Crippen LogP) is 4.11. The first-order valence-corrected chi connectivity index (χ1v) is 13.0. The molecule has 3 heterocycles. The topological polar surface area (TPSA) is 88.5 Å². The fourth-order valence-electron chi connectivity index (χ4n) is 4.78. The molecular formula is C26H25N3O4S2. The molecular weight excluding hydrogens is 482 g/mol. The minimum Gasteiger partial charge on any atom is -0.325 e. The molecule has 2 aromatic carbocycles. The summed E-state index contributed by atoms with van der Waals surface area (Å²) in [7, 11) is 0. The summed E-state index contributed by atoms with van der Waals surface area (Å²) in [6, 6.07) is 14.7. The number of carbonyl (C=O) groups excluding carboxylic acids is 3. The summed E-state index contributed by atoms with van der Waals surface area (Å²) in [5.41, 5.74) is 2.52. The molecule has 0 saturated carbocycles. The molecule has 2 aliphatic heterocycles. The van der Waals surface area contributed by atoms with Gasteiger partial charge in [0, 0.05) is 16.0 Å². The molecule has 2 unspecified atom stereocenters. The first-order chi connectivity index (χ1) is 16.6. The Hall–Kier alpha value is -3.17. The van der Waals surface area contributed by atoms with Crippen LogP contribution in [0.25, 0.3) is 0 Å². The number of nitrogens with zero attached hydrogens (tertiary/aromatic N) is 2. The number of hydrogen-bond acceptors (Lipinski definition) is 6. The summed E-state index contributed by atoms with van der Waals surface area (Å²) in [5, 5.41) is 2.77. The Balaban J connectivity index is 1.47. The molecule has 2 atom stereocenters. The van der Waals surface area contributed by atoms with E-state index in [0.717, 1.165) is 27.3 Å². The summed E-state index contributed by atoms with van der Waals surface area (Å²) in [6.07, 6.45) is 0. The summed E-state index contributed by atoms with van der Waals surface area (Å²) >= 11 is 2.27. The van der Waals surface area contributed by atoms with E-state index in [1.807, 2.05) is 58.0 Å². The predicted molar refractivity (Wildman–Crippen MR) is 138 cm³/mol. The SMILES string of the molecule is Cc1ccc(N2C(=O)C3Sc4c(sc(=O)n4CC(=O)Nc4cccc(C)c4)C(C)(C)C3C2=O)cc1. The number of aryl methyl sites for hydroxylation is 2. The highest BCUT2D eigenvalue weighted by Crippen LogP contribution is 2.54. The zero-order chi connectivity index (χ0) is 25.1. The van der Waals surface area contributed by atoms with E-state index in [9.17, 15) is 19.2 Å². The maximum Gasteiger partial charge on any atom is 0.308 e. The summed E-state index contributed by atoms with van der Waals surface area (Å²) in [4.78, 5) is 54.5. The van der Waals surface area contributed by atoms with Gasteiger partial charge in [-0.2, -0.15) is 0 Å². The molecule has 180 valence electrons. The van der Waals surface area contributed by atoms with Crippen LogP contribution in [0.3, 0.4) is 0 Å². The minimum atomic E-state index is -0.737. The third-order valence-electron chi connectivity index (χ3n) is 6.60. The van der Waals surface area contributed by atoms with Crippen molar-refractivity contribution in [3.8, 4) is 0 Å². The van der Waals surface area contributed by atoms with Crippen LogP contribution in [0.15, 0.2) is 58.4 Å². The largest absolute Gasteiger partial charge is 0.325 e. The number of thiazole rings is 1. The molecule has 2 aliphatic rings. The van der Waals surface area contributed by atoms with E-state index in [0.29, 0.717) is 16.4 Å². The monoisotopic (exact) mass is 507 g/mol. The van der Waals surface area contributed by atoms with Gasteiger partial charge >= 0.3 is 4.87 Å². The van der Waals surface area contributed by atoms with E-state index in [2.05, 4.69) is 5.32 Å². The smallest absolute Gasteiger partial charge is 0.308 e. The number of fused-ring (bicyclic) bond motifs is 2. The van der Waals surface area contributed by atoms with E-state index < -0.39 is 16.6 Å². The number of aromatic nitrogens is 1. The Morgan fingerprint density at radius 3 is 2.40 bits per heavy atom. The van der Waals surface area contributed by atoms with Crippen molar-refractivity contribution in [2.75, 3.05) is 10.2 Å². The van der Waals surface area contributed by atoms with E-state index in [1.54, 1.807) is 18.2 Å². The maximum atomic E-state index is 13.5. The molecule has 3 aromatic rings. The van der Waals surface area contributed by atoms with Crippen LogP contribution in [0, 0.1) is 19.8 Å². The molecule has 0 bridgehead atoms. The molecule has 3 amide bonds. The number of benzene rings is 2. The fourth-order valence-corrected chi connectivity index (χ4v) is 7.82. The van der Waals surface area contributed by atoms with Gasteiger partial charge in [-0.3, -0.25) is 23.7 Å². The lowest BCUT2D eigenvalue weighted by Crippen LogP contribution is -2.41. The maximum absolute atomic E-state index is 13.5. The van der Waals surface area contributed by atoms with Crippen molar-refractivity contribution in [3.63, 3.8) is 0 Å². The van der Waals surface area contributed by atoms with E-state index in [-0.39, 0.29) is 29.1 Å². The van der Waals surface area contributed by atoms with Gasteiger partial charge in [0.2, 0.25) is 17.7 Å². The van der Waals surface area contributed by atoms with Crippen molar-refractivity contribution in [2.45, 2.75) is 49.9 Å². The molecule has 0 aliphatic carbocycles. The molecule has 1 aromatic heterocycles. The Kier molecular flexibility index (Phi) is 5.72. The first-order valence-electron chi connectivity index (χ1n) is 11.3. The van der Waals surface area contributed by atoms with Crippen LogP contribution in [-0.4, -0.2) is 27.5 Å². The highest BCUT2D eigenvalue weighted by molar-refractivity contribution is 8.00. The third kappa shape index (κ3) is 3.92. The van der Waals surface area contributed by atoms with Crippen LogP contribution in [0.1, 0.15) is 29.9 Å². The Morgan fingerprint density at radius 2 is 1.71 bits per heavy atom.